The van der Waals surface area contributed by atoms with Crippen molar-refractivity contribution in [1.29, 1.82) is 0 Å². The third kappa shape index (κ3) is 18.6. The lowest BCUT2D eigenvalue weighted by molar-refractivity contribution is -0.142. The second-order valence-corrected chi connectivity index (χ2v) is 19.1. The second-order valence-electron chi connectivity index (χ2n) is 19.1. The average Bonchev–Trinajstić information content (AvgIpc) is 3.99. The Balaban J connectivity index is 2.27. The van der Waals surface area contributed by atoms with Gasteiger partial charge in [0.15, 0.2) is 5.96 Å². The lowest BCUT2D eigenvalue weighted by Gasteiger charge is -2.32. The smallest absolute Gasteiger partial charge is 0.245 e. The van der Waals surface area contributed by atoms with Crippen LogP contribution in [0.15, 0.2) is 4.99 Å². The van der Waals surface area contributed by atoms with E-state index in [0.29, 0.717) is 58.0 Å². The van der Waals surface area contributed by atoms with Crippen LogP contribution in [0.5, 0.6) is 0 Å². The molecule has 23 heteroatoms. The standard InChI is InChI=1S/C47H85N13O10/c1-11-18-30(39(63)56-36(27(7)12-2)43(67)54-31(19-15-22-51-47(48)49)46(70)60-24-17-21-33(60)41(65)50-14-4)53-45(69)38(29(9)61)58-44(68)37(28(8)13-3)57-42(66)35(26(5)6)55-34(62)25-52-40(64)32-20-16-23-59(32)10/h26-33,35-38,61H,11-25H2,1-10H3,(H,50,65)(H,52,64)(H,53,69)(H,54,67)(H,55,62)(H,56,63)(H,57,66)(H,58,68)(H4,48,49,51)/t27-,28-,29+,30-,31-,32-,33-,35-,36-,37+,38-/m0/s1. The van der Waals surface area contributed by atoms with Gasteiger partial charge in [-0.15, -0.1) is 0 Å². The van der Waals surface area contributed by atoms with Gasteiger partial charge in [0.1, 0.15) is 42.3 Å². The van der Waals surface area contributed by atoms with Crippen LogP contribution in [0.4, 0.5) is 0 Å². The summed E-state index contributed by atoms with van der Waals surface area (Å²) >= 11 is 0. The molecule has 11 atom stereocenters. The van der Waals surface area contributed by atoms with Gasteiger partial charge < -0.3 is 64.0 Å². The van der Waals surface area contributed by atoms with Crippen molar-refractivity contribution in [2.45, 2.75) is 181 Å². The van der Waals surface area contributed by atoms with Crippen molar-refractivity contribution in [2.24, 2.45) is 34.2 Å². The Bertz CT molecular complexity index is 1810. The summed E-state index contributed by atoms with van der Waals surface area (Å²) in [5.41, 5.74) is 11.0. The van der Waals surface area contributed by atoms with Gasteiger partial charge in [0.25, 0.3) is 0 Å². The number of nitrogens with one attached hydrogen (secondary N) is 8. The third-order valence-electron chi connectivity index (χ3n) is 13.1. The summed E-state index contributed by atoms with van der Waals surface area (Å²) in [6.45, 7) is 16.6. The van der Waals surface area contributed by atoms with Crippen molar-refractivity contribution < 1.29 is 48.3 Å². The zero-order valence-corrected chi connectivity index (χ0v) is 43.2. The van der Waals surface area contributed by atoms with Crippen molar-refractivity contribution in [2.75, 3.05) is 39.8 Å². The molecule has 0 aromatic rings. The predicted molar refractivity (Wildman–Crippen MR) is 264 cm³/mol. The molecule has 2 aliphatic rings. The number of aliphatic hydroxyl groups excluding tert-OH is 1. The fourth-order valence-electron chi connectivity index (χ4n) is 8.47. The molecule has 0 unspecified atom stereocenters. The highest BCUT2D eigenvalue weighted by molar-refractivity contribution is 5.98. The summed E-state index contributed by atoms with van der Waals surface area (Å²) in [4.78, 5) is 130. The monoisotopic (exact) mass is 992 g/mol. The van der Waals surface area contributed by atoms with Crippen molar-refractivity contribution >= 4 is 59.1 Å². The third-order valence-corrected chi connectivity index (χ3v) is 13.1. The molecule has 23 nitrogen and oxygen atoms in total. The summed E-state index contributed by atoms with van der Waals surface area (Å²) in [7, 11) is 1.83. The molecule has 0 radical (unpaired) electrons. The second kappa shape index (κ2) is 30.2. The van der Waals surface area contributed by atoms with Gasteiger partial charge in [0, 0.05) is 19.6 Å². The number of nitrogens with zero attached hydrogens (tertiary/aromatic N) is 3. The van der Waals surface area contributed by atoms with Gasteiger partial charge in [-0.1, -0.05) is 67.7 Å². The van der Waals surface area contributed by atoms with Crippen molar-refractivity contribution in [3.05, 3.63) is 0 Å². The van der Waals surface area contributed by atoms with Crippen LogP contribution in [0.3, 0.4) is 0 Å². The van der Waals surface area contributed by atoms with E-state index in [-0.39, 0.29) is 49.7 Å². The quantitative estimate of drug-likeness (QED) is 0.0225. The molecule has 2 saturated heterocycles. The molecule has 0 bridgehead atoms. The molecule has 0 aromatic carbocycles. The van der Waals surface area contributed by atoms with E-state index in [1.165, 1.54) is 11.8 Å². The van der Waals surface area contributed by atoms with E-state index >= 15 is 0 Å². The van der Waals surface area contributed by atoms with Crippen LogP contribution in [0.25, 0.3) is 0 Å². The number of likely N-dealkylation sites (tertiary alicyclic amines) is 2. The molecular formula is C47H85N13O10. The normalized spacial score (nSPS) is 19.7. The van der Waals surface area contributed by atoms with Crippen LogP contribution in [-0.2, 0) is 43.2 Å². The molecule has 70 heavy (non-hydrogen) atoms. The molecule has 0 saturated carbocycles. The van der Waals surface area contributed by atoms with Crippen LogP contribution in [0.1, 0.15) is 127 Å². The molecule has 2 aliphatic heterocycles. The number of hydrogen-bond acceptors (Lipinski definition) is 12. The number of aliphatic hydroxyl groups is 1. The van der Waals surface area contributed by atoms with E-state index in [1.807, 2.05) is 18.9 Å². The fraction of sp³-hybridized carbons (Fsp3) is 0.787. The lowest BCUT2D eigenvalue weighted by Crippen LogP contribution is -2.63. The highest BCUT2D eigenvalue weighted by atomic mass is 16.3. The summed E-state index contributed by atoms with van der Waals surface area (Å²) in [6.07, 6.45) is 2.89. The minimum Gasteiger partial charge on any atom is -0.391 e. The Morgan fingerprint density at radius 1 is 0.629 bits per heavy atom. The number of hydrogen-bond donors (Lipinski definition) is 11. The number of likely N-dealkylation sites (N-methyl/N-ethyl adjacent to an activating group) is 2. The van der Waals surface area contributed by atoms with E-state index < -0.39 is 108 Å². The molecule has 2 rings (SSSR count). The minimum absolute atomic E-state index is 0.101. The van der Waals surface area contributed by atoms with E-state index in [2.05, 4.69) is 47.5 Å². The van der Waals surface area contributed by atoms with Crippen molar-refractivity contribution in [3.8, 4) is 0 Å². The highest BCUT2D eigenvalue weighted by Crippen LogP contribution is 2.21. The van der Waals surface area contributed by atoms with Gasteiger partial charge in [-0.3, -0.25) is 53.0 Å². The van der Waals surface area contributed by atoms with E-state index in [9.17, 15) is 48.3 Å². The number of rotatable bonds is 29. The van der Waals surface area contributed by atoms with Gasteiger partial charge in [0.2, 0.25) is 53.2 Å². The molecule has 0 spiro atoms. The maximum absolute atomic E-state index is 14.2. The van der Waals surface area contributed by atoms with Crippen LogP contribution >= 0.6 is 0 Å². The molecule has 398 valence electrons. The van der Waals surface area contributed by atoms with Gasteiger partial charge in [-0.05, 0) is 90.1 Å². The summed E-state index contributed by atoms with van der Waals surface area (Å²) in [5, 5.41) is 32.4. The molecule has 0 aromatic heterocycles. The zero-order chi connectivity index (χ0) is 52.8. The summed E-state index contributed by atoms with van der Waals surface area (Å²) in [5.74, 6) is -6.93. The number of nitrogens with two attached hydrogens (primary N) is 2. The van der Waals surface area contributed by atoms with E-state index in [0.717, 1.165) is 13.0 Å². The molecule has 13 N–H and O–H groups in total. The largest absolute Gasteiger partial charge is 0.391 e. The predicted octanol–water partition coefficient (Wildman–Crippen LogP) is -1.78. The first-order chi connectivity index (χ1) is 33.0. The highest BCUT2D eigenvalue weighted by Gasteiger charge is 2.40. The average molecular weight is 992 g/mol. The molecule has 2 heterocycles. The molecular weight excluding hydrogens is 907 g/mol. The van der Waals surface area contributed by atoms with E-state index in [4.69, 9.17) is 11.5 Å². The number of carbonyl (C=O) groups excluding carboxylic acids is 9. The van der Waals surface area contributed by atoms with Crippen molar-refractivity contribution in [3.63, 3.8) is 0 Å². The number of amides is 9. The van der Waals surface area contributed by atoms with Crippen LogP contribution in [-0.4, -0.2) is 168 Å². The minimum atomic E-state index is -1.60. The Morgan fingerprint density at radius 3 is 1.67 bits per heavy atom. The first-order valence-corrected chi connectivity index (χ1v) is 25.1. The lowest BCUT2D eigenvalue weighted by atomic mass is 9.95. The Labute approximate surface area is 413 Å². The Hall–Kier alpha value is -5.58. The first-order valence-electron chi connectivity index (χ1n) is 25.1. The van der Waals surface area contributed by atoms with Crippen LogP contribution < -0.4 is 54.0 Å². The molecule has 9 amide bonds. The van der Waals surface area contributed by atoms with Crippen LogP contribution in [0, 0.1) is 17.8 Å². The topological polar surface area (TPSA) is 341 Å². The first kappa shape index (κ1) is 60.5. The van der Waals surface area contributed by atoms with Gasteiger partial charge >= 0.3 is 0 Å². The van der Waals surface area contributed by atoms with Gasteiger partial charge in [0.05, 0.1) is 18.7 Å². The Kier molecular flexibility index (Phi) is 26.1. The Morgan fingerprint density at radius 2 is 1.14 bits per heavy atom. The number of guanidine groups is 1. The summed E-state index contributed by atoms with van der Waals surface area (Å²) < 4.78 is 0. The summed E-state index contributed by atoms with van der Waals surface area (Å²) in [6, 6.07) is -8.48. The van der Waals surface area contributed by atoms with Crippen LogP contribution in [0.2, 0.25) is 0 Å². The molecule has 0 aliphatic carbocycles. The molecule has 2 fully saturated rings. The SMILES string of the molecule is CCC[C@H](NC(=O)[C@@H](NC(=O)[C@H](NC(=O)[C@@H](NC(=O)CNC(=O)[C@@H]1CCCN1C)C(C)C)[C@@H](C)CC)[C@@H](C)O)C(=O)N[C@H](C(=O)N[C@@H](CCCN=C(N)N)C(=O)N1CCC[C@H]1C(=O)NCC)[C@@H](C)CC. The van der Waals surface area contributed by atoms with E-state index in [1.54, 1.807) is 48.5 Å². The van der Waals surface area contributed by atoms with Gasteiger partial charge in [-0.2, -0.15) is 0 Å². The maximum Gasteiger partial charge on any atom is 0.245 e. The van der Waals surface area contributed by atoms with Gasteiger partial charge in [-0.25, -0.2) is 0 Å². The fourth-order valence-corrected chi connectivity index (χ4v) is 8.47. The number of carbonyl (C=O) groups is 9. The van der Waals surface area contributed by atoms with Crippen molar-refractivity contribution in [1.82, 2.24) is 52.3 Å². The number of aliphatic imine (C=N–C) groups is 1. The maximum atomic E-state index is 14.2. The zero-order valence-electron chi connectivity index (χ0n) is 43.2.